The van der Waals surface area contributed by atoms with E-state index >= 15 is 0 Å². The second-order valence-electron chi connectivity index (χ2n) is 3.28. The summed E-state index contributed by atoms with van der Waals surface area (Å²) in [6.07, 6.45) is 1.49. The number of rotatable bonds is 2. The molecule has 0 radical (unpaired) electrons. The summed E-state index contributed by atoms with van der Waals surface area (Å²) in [6, 6.07) is 10.0. The van der Waals surface area contributed by atoms with E-state index in [4.69, 9.17) is 27.3 Å². The van der Waals surface area contributed by atoms with Crippen molar-refractivity contribution in [3.8, 4) is 17.7 Å². The zero-order valence-corrected chi connectivity index (χ0v) is 9.48. The van der Waals surface area contributed by atoms with E-state index < -0.39 is 0 Å². The molecule has 0 saturated carbocycles. The van der Waals surface area contributed by atoms with Gasteiger partial charge in [-0.2, -0.15) is 5.26 Å². The van der Waals surface area contributed by atoms with Crippen LogP contribution in [0.25, 0.3) is 0 Å². The molecule has 84 valence electrons. The van der Waals surface area contributed by atoms with E-state index in [2.05, 4.69) is 4.98 Å². The number of nitrogen functional groups attached to an aromatic ring is 1. The number of hydrogen-bond donors (Lipinski definition) is 1. The number of halogens is 1. The summed E-state index contributed by atoms with van der Waals surface area (Å²) in [5.74, 6) is 0.720. The van der Waals surface area contributed by atoms with E-state index in [-0.39, 0.29) is 0 Å². The molecule has 2 rings (SSSR count). The van der Waals surface area contributed by atoms with E-state index in [0.29, 0.717) is 27.9 Å². The van der Waals surface area contributed by atoms with Crippen LogP contribution in [0.2, 0.25) is 5.02 Å². The van der Waals surface area contributed by atoms with Gasteiger partial charge in [-0.15, -0.1) is 0 Å². The summed E-state index contributed by atoms with van der Waals surface area (Å²) in [4.78, 5) is 3.98. The lowest BCUT2D eigenvalue weighted by Crippen LogP contribution is -1.93. The maximum atomic E-state index is 8.75. The largest absolute Gasteiger partial charge is 0.437 e. The van der Waals surface area contributed by atoms with E-state index in [1.54, 1.807) is 24.3 Å². The number of ether oxygens (including phenoxy) is 1. The first-order valence-electron chi connectivity index (χ1n) is 4.78. The van der Waals surface area contributed by atoms with Crippen LogP contribution in [0.5, 0.6) is 11.6 Å². The van der Waals surface area contributed by atoms with Crippen molar-refractivity contribution in [2.45, 2.75) is 0 Å². The van der Waals surface area contributed by atoms with Gasteiger partial charge < -0.3 is 10.5 Å². The lowest BCUT2D eigenvalue weighted by atomic mass is 10.3. The highest BCUT2D eigenvalue weighted by atomic mass is 35.5. The molecule has 0 bridgehead atoms. The van der Waals surface area contributed by atoms with E-state index in [9.17, 15) is 0 Å². The van der Waals surface area contributed by atoms with Crippen LogP contribution in [-0.4, -0.2) is 4.98 Å². The Kier molecular flexibility index (Phi) is 3.12. The minimum atomic E-state index is 0.304. The van der Waals surface area contributed by atoms with Crippen LogP contribution in [0.4, 0.5) is 5.69 Å². The number of nitrogens with zero attached hydrogens (tertiary/aromatic N) is 2. The zero-order chi connectivity index (χ0) is 12.3. The normalized spacial score (nSPS) is 9.65. The second-order valence-corrected chi connectivity index (χ2v) is 3.72. The minimum absolute atomic E-state index is 0.304. The predicted octanol–water partition coefficient (Wildman–Crippen LogP) is 2.98. The number of nitriles is 1. The molecule has 1 aromatic heterocycles. The molecule has 0 aliphatic carbocycles. The fourth-order valence-corrected chi connectivity index (χ4v) is 1.41. The first-order chi connectivity index (χ1) is 8.19. The van der Waals surface area contributed by atoms with Gasteiger partial charge in [0.05, 0.1) is 17.3 Å². The van der Waals surface area contributed by atoms with Crippen LogP contribution >= 0.6 is 11.6 Å². The maximum absolute atomic E-state index is 8.75. The molecule has 0 atom stereocenters. The third-order valence-corrected chi connectivity index (χ3v) is 2.29. The second kappa shape index (κ2) is 4.73. The van der Waals surface area contributed by atoms with Crippen molar-refractivity contribution in [3.05, 3.63) is 47.1 Å². The number of hydrogen-bond acceptors (Lipinski definition) is 4. The third-order valence-electron chi connectivity index (χ3n) is 2.05. The van der Waals surface area contributed by atoms with Gasteiger partial charge in [0.25, 0.3) is 0 Å². The summed E-state index contributed by atoms with van der Waals surface area (Å²) in [6.45, 7) is 0. The summed E-state index contributed by atoms with van der Waals surface area (Å²) >= 11 is 5.83. The average Bonchev–Trinajstić information content (AvgIpc) is 2.34. The third kappa shape index (κ3) is 2.65. The predicted molar refractivity (Wildman–Crippen MR) is 64.9 cm³/mol. The van der Waals surface area contributed by atoms with Gasteiger partial charge in [0.2, 0.25) is 5.88 Å². The monoisotopic (exact) mass is 245 g/mol. The highest BCUT2D eigenvalue weighted by Gasteiger charge is 2.04. The van der Waals surface area contributed by atoms with Gasteiger partial charge in [-0.25, -0.2) is 4.98 Å². The van der Waals surface area contributed by atoms with Crippen LogP contribution in [0.15, 0.2) is 36.5 Å². The van der Waals surface area contributed by atoms with Crippen molar-refractivity contribution in [2.24, 2.45) is 0 Å². The van der Waals surface area contributed by atoms with E-state index in [0.717, 1.165) is 0 Å². The first kappa shape index (κ1) is 11.2. The zero-order valence-electron chi connectivity index (χ0n) is 8.72. The quantitative estimate of drug-likeness (QED) is 0.826. The molecule has 0 aliphatic rings. The summed E-state index contributed by atoms with van der Waals surface area (Å²) in [5.41, 5.74) is 6.66. The van der Waals surface area contributed by atoms with Gasteiger partial charge in [0, 0.05) is 23.4 Å². The maximum Gasteiger partial charge on any atom is 0.220 e. The van der Waals surface area contributed by atoms with Gasteiger partial charge in [0.15, 0.2) is 5.75 Å². The molecule has 1 aromatic carbocycles. The summed E-state index contributed by atoms with van der Waals surface area (Å²) in [7, 11) is 0. The van der Waals surface area contributed by atoms with Crippen molar-refractivity contribution in [3.63, 3.8) is 0 Å². The Morgan fingerprint density at radius 3 is 2.88 bits per heavy atom. The van der Waals surface area contributed by atoms with Crippen LogP contribution in [0.3, 0.4) is 0 Å². The molecule has 0 aliphatic heterocycles. The van der Waals surface area contributed by atoms with Crippen molar-refractivity contribution in [2.75, 3.05) is 5.73 Å². The Hall–Kier alpha value is -2.25. The molecule has 0 saturated heterocycles. The van der Waals surface area contributed by atoms with Crippen molar-refractivity contribution < 1.29 is 4.74 Å². The molecule has 2 N–H and O–H groups in total. The van der Waals surface area contributed by atoms with E-state index in [1.165, 1.54) is 12.3 Å². The number of anilines is 1. The lowest BCUT2D eigenvalue weighted by Gasteiger charge is -2.07. The Morgan fingerprint density at radius 2 is 2.12 bits per heavy atom. The molecule has 5 heteroatoms. The molecular formula is C12H8ClN3O. The molecule has 2 aromatic rings. The molecule has 0 spiro atoms. The molecule has 4 nitrogen and oxygen atoms in total. The number of benzene rings is 1. The highest BCUT2D eigenvalue weighted by molar-refractivity contribution is 6.30. The van der Waals surface area contributed by atoms with Gasteiger partial charge >= 0.3 is 0 Å². The fourth-order valence-electron chi connectivity index (χ4n) is 1.24. The van der Waals surface area contributed by atoms with E-state index in [1.807, 2.05) is 6.07 Å². The molecule has 0 unspecified atom stereocenters. The fraction of sp³-hybridized carbons (Fsp3) is 0. The van der Waals surface area contributed by atoms with Gasteiger partial charge in [-0.1, -0.05) is 11.6 Å². The van der Waals surface area contributed by atoms with Crippen LogP contribution in [0.1, 0.15) is 5.56 Å². The number of aromatic nitrogens is 1. The van der Waals surface area contributed by atoms with Crippen LogP contribution in [-0.2, 0) is 0 Å². The standard InChI is InChI=1S/C12H8ClN3O/c13-9-1-2-10(15)11(6-9)17-12-5-8(7-14)3-4-16-12/h1-6H,15H2. The molecule has 0 amide bonds. The molecular weight excluding hydrogens is 238 g/mol. The minimum Gasteiger partial charge on any atom is -0.437 e. The Balaban J connectivity index is 2.31. The van der Waals surface area contributed by atoms with Gasteiger partial charge in [-0.05, 0) is 18.2 Å². The Morgan fingerprint density at radius 1 is 1.29 bits per heavy atom. The van der Waals surface area contributed by atoms with Crippen LogP contribution in [0, 0.1) is 11.3 Å². The van der Waals surface area contributed by atoms with Crippen molar-refractivity contribution >= 4 is 17.3 Å². The molecule has 17 heavy (non-hydrogen) atoms. The number of nitrogens with two attached hydrogens (primary N) is 1. The van der Waals surface area contributed by atoms with Gasteiger partial charge in [-0.3, -0.25) is 0 Å². The Bertz CT molecular complexity index is 593. The average molecular weight is 246 g/mol. The SMILES string of the molecule is N#Cc1ccnc(Oc2cc(Cl)ccc2N)c1. The smallest absolute Gasteiger partial charge is 0.220 e. The topological polar surface area (TPSA) is 71.9 Å². The summed E-state index contributed by atoms with van der Waals surface area (Å²) < 4.78 is 5.46. The van der Waals surface area contributed by atoms with Crippen LogP contribution < -0.4 is 10.5 Å². The number of pyridine rings is 1. The van der Waals surface area contributed by atoms with Crippen molar-refractivity contribution in [1.82, 2.24) is 4.98 Å². The first-order valence-corrected chi connectivity index (χ1v) is 5.16. The Labute approximate surface area is 103 Å². The van der Waals surface area contributed by atoms with Crippen molar-refractivity contribution in [1.29, 1.82) is 5.26 Å². The highest BCUT2D eigenvalue weighted by Crippen LogP contribution is 2.29. The van der Waals surface area contributed by atoms with Gasteiger partial charge in [0.1, 0.15) is 0 Å². The molecule has 1 heterocycles. The summed E-state index contributed by atoms with van der Waals surface area (Å²) in [5, 5.41) is 9.27. The lowest BCUT2D eigenvalue weighted by molar-refractivity contribution is 0.465. The molecule has 0 fully saturated rings.